The van der Waals surface area contributed by atoms with E-state index in [0.717, 1.165) is 6.07 Å². The van der Waals surface area contributed by atoms with Crippen LogP contribution >= 0.6 is 15.9 Å². The molecule has 2 aromatic carbocycles. The summed E-state index contributed by atoms with van der Waals surface area (Å²) in [6.07, 6.45) is 0. The predicted octanol–water partition coefficient (Wildman–Crippen LogP) is 4.35. The van der Waals surface area contributed by atoms with Crippen LogP contribution in [0.5, 0.6) is 0 Å². The van der Waals surface area contributed by atoms with Crippen molar-refractivity contribution in [3.8, 4) is 6.07 Å². The van der Waals surface area contributed by atoms with Crippen LogP contribution in [0.3, 0.4) is 0 Å². The molecular weight excluding hydrogens is 333 g/mol. The Labute approximate surface area is 122 Å². The number of hydrogen-bond donors (Lipinski definition) is 1. The fourth-order valence-corrected chi connectivity index (χ4v) is 1.97. The lowest BCUT2D eigenvalue weighted by Crippen LogP contribution is -2.03. The van der Waals surface area contributed by atoms with E-state index in [0.29, 0.717) is 5.56 Å². The number of halogens is 4. The molecule has 0 aromatic heterocycles. The van der Waals surface area contributed by atoms with E-state index in [2.05, 4.69) is 21.2 Å². The quantitative estimate of drug-likeness (QED) is 0.843. The molecule has 2 rings (SSSR count). The highest BCUT2D eigenvalue weighted by Gasteiger charge is 2.08. The largest absolute Gasteiger partial charge is 0.379 e. The molecule has 102 valence electrons. The molecule has 0 aliphatic heterocycles. The molecule has 6 heteroatoms. The minimum atomic E-state index is -0.728. The van der Waals surface area contributed by atoms with Crippen LogP contribution in [0.25, 0.3) is 0 Å². The molecular formula is C14H8BrF3N2. The second-order valence-corrected chi connectivity index (χ2v) is 4.88. The Morgan fingerprint density at radius 2 is 1.80 bits per heavy atom. The van der Waals surface area contributed by atoms with Crippen molar-refractivity contribution in [3.63, 3.8) is 0 Å². The van der Waals surface area contributed by atoms with Gasteiger partial charge in [-0.25, -0.2) is 13.2 Å². The molecule has 0 aliphatic rings. The second kappa shape index (κ2) is 5.97. The van der Waals surface area contributed by atoms with Crippen LogP contribution in [-0.2, 0) is 6.54 Å². The topological polar surface area (TPSA) is 35.8 Å². The first-order chi connectivity index (χ1) is 9.51. The SMILES string of the molecule is N#Cc1cc(CNc2cc(Br)c(F)cc2F)ccc1F. The summed E-state index contributed by atoms with van der Waals surface area (Å²) in [4.78, 5) is 0. The molecule has 0 heterocycles. The van der Waals surface area contributed by atoms with Crippen molar-refractivity contribution in [2.24, 2.45) is 0 Å². The zero-order valence-corrected chi connectivity index (χ0v) is 11.6. The van der Waals surface area contributed by atoms with Gasteiger partial charge in [-0.3, -0.25) is 0 Å². The van der Waals surface area contributed by atoms with E-state index in [-0.39, 0.29) is 22.3 Å². The zero-order valence-electron chi connectivity index (χ0n) is 10.1. The summed E-state index contributed by atoms with van der Waals surface area (Å²) in [5.41, 5.74) is 0.647. The van der Waals surface area contributed by atoms with Crippen molar-refractivity contribution in [2.75, 3.05) is 5.32 Å². The Balaban J connectivity index is 2.17. The van der Waals surface area contributed by atoms with Gasteiger partial charge in [0.2, 0.25) is 0 Å². The average molecular weight is 341 g/mol. The Bertz CT molecular complexity index is 696. The summed E-state index contributed by atoms with van der Waals surface area (Å²) in [5, 5.41) is 11.5. The van der Waals surface area contributed by atoms with Gasteiger partial charge in [0.05, 0.1) is 15.7 Å². The third-order valence-corrected chi connectivity index (χ3v) is 3.25. The molecule has 0 radical (unpaired) electrons. The van der Waals surface area contributed by atoms with E-state index < -0.39 is 17.5 Å². The molecule has 0 aliphatic carbocycles. The number of rotatable bonds is 3. The van der Waals surface area contributed by atoms with Crippen molar-refractivity contribution in [1.29, 1.82) is 5.26 Å². The Morgan fingerprint density at radius 3 is 2.50 bits per heavy atom. The number of hydrogen-bond acceptors (Lipinski definition) is 2. The minimum absolute atomic E-state index is 0.0786. The molecule has 0 atom stereocenters. The normalized spacial score (nSPS) is 10.2. The lowest BCUT2D eigenvalue weighted by Gasteiger charge is -2.09. The van der Waals surface area contributed by atoms with E-state index in [1.165, 1.54) is 24.3 Å². The highest BCUT2D eigenvalue weighted by atomic mass is 79.9. The maximum Gasteiger partial charge on any atom is 0.149 e. The monoisotopic (exact) mass is 340 g/mol. The highest BCUT2D eigenvalue weighted by Crippen LogP contribution is 2.24. The van der Waals surface area contributed by atoms with E-state index in [1.807, 2.05) is 0 Å². The maximum atomic E-state index is 13.5. The molecule has 20 heavy (non-hydrogen) atoms. The van der Waals surface area contributed by atoms with Crippen LogP contribution in [0.1, 0.15) is 11.1 Å². The van der Waals surface area contributed by atoms with E-state index >= 15 is 0 Å². The van der Waals surface area contributed by atoms with Crippen LogP contribution < -0.4 is 5.32 Å². The van der Waals surface area contributed by atoms with Crippen molar-refractivity contribution >= 4 is 21.6 Å². The molecule has 0 saturated heterocycles. The third-order valence-electron chi connectivity index (χ3n) is 2.64. The average Bonchev–Trinajstić information content (AvgIpc) is 2.43. The first-order valence-corrected chi connectivity index (χ1v) is 6.37. The van der Waals surface area contributed by atoms with Crippen LogP contribution in [-0.4, -0.2) is 0 Å². The Morgan fingerprint density at radius 1 is 1.05 bits per heavy atom. The van der Waals surface area contributed by atoms with E-state index in [1.54, 1.807) is 6.07 Å². The van der Waals surface area contributed by atoms with Crippen molar-refractivity contribution in [1.82, 2.24) is 0 Å². The first-order valence-electron chi connectivity index (χ1n) is 5.58. The molecule has 2 aromatic rings. The van der Waals surface area contributed by atoms with Gasteiger partial charge in [-0.2, -0.15) is 5.26 Å². The fraction of sp³-hybridized carbons (Fsp3) is 0.0714. The molecule has 2 nitrogen and oxygen atoms in total. The molecule has 0 unspecified atom stereocenters. The maximum absolute atomic E-state index is 13.5. The molecule has 0 amide bonds. The van der Waals surface area contributed by atoms with Gasteiger partial charge >= 0.3 is 0 Å². The summed E-state index contributed by atoms with van der Waals surface area (Å²) in [6, 6.07) is 7.80. The smallest absolute Gasteiger partial charge is 0.149 e. The lowest BCUT2D eigenvalue weighted by molar-refractivity contribution is 0.580. The van der Waals surface area contributed by atoms with Gasteiger partial charge in [-0.05, 0) is 39.7 Å². The van der Waals surface area contributed by atoms with Gasteiger partial charge in [-0.15, -0.1) is 0 Å². The van der Waals surface area contributed by atoms with Gasteiger partial charge < -0.3 is 5.32 Å². The minimum Gasteiger partial charge on any atom is -0.379 e. The third kappa shape index (κ3) is 3.11. The number of anilines is 1. The molecule has 0 spiro atoms. The molecule has 0 bridgehead atoms. The summed E-state index contributed by atoms with van der Waals surface area (Å²) in [5.74, 6) is -2.03. The molecule has 0 saturated carbocycles. The summed E-state index contributed by atoms with van der Waals surface area (Å²) in [6.45, 7) is 0.184. The van der Waals surface area contributed by atoms with E-state index in [9.17, 15) is 13.2 Å². The Hall–Kier alpha value is -2.00. The fourth-order valence-electron chi connectivity index (χ4n) is 1.62. The summed E-state index contributed by atoms with van der Waals surface area (Å²) in [7, 11) is 0. The van der Waals surface area contributed by atoms with Gasteiger partial charge in [0, 0.05) is 12.6 Å². The van der Waals surface area contributed by atoms with Crippen molar-refractivity contribution in [3.05, 3.63) is 63.4 Å². The summed E-state index contributed by atoms with van der Waals surface area (Å²) >= 11 is 2.96. The number of nitriles is 1. The van der Waals surface area contributed by atoms with Gasteiger partial charge in [0.25, 0.3) is 0 Å². The highest BCUT2D eigenvalue weighted by molar-refractivity contribution is 9.10. The summed E-state index contributed by atoms with van der Waals surface area (Å²) < 4.78 is 39.9. The molecule has 0 fully saturated rings. The van der Waals surface area contributed by atoms with Crippen LogP contribution in [0.15, 0.2) is 34.8 Å². The van der Waals surface area contributed by atoms with Gasteiger partial charge in [0.1, 0.15) is 23.5 Å². The molecule has 1 N–H and O–H groups in total. The number of nitrogens with one attached hydrogen (secondary N) is 1. The zero-order chi connectivity index (χ0) is 14.7. The predicted molar refractivity (Wildman–Crippen MR) is 72.5 cm³/mol. The lowest BCUT2D eigenvalue weighted by atomic mass is 10.1. The number of nitrogens with zero attached hydrogens (tertiary/aromatic N) is 1. The van der Waals surface area contributed by atoms with Gasteiger partial charge in [0.15, 0.2) is 0 Å². The number of benzene rings is 2. The first kappa shape index (κ1) is 14.4. The van der Waals surface area contributed by atoms with Crippen molar-refractivity contribution < 1.29 is 13.2 Å². The van der Waals surface area contributed by atoms with Crippen LogP contribution in [0.2, 0.25) is 0 Å². The van der Waals surface area contributed by atoms with Gasteiger partial charge in [-0.1, -0.05) is 6.07 Å². The standard InChI is InChI=1S/C14H8BrF3N2/c15-10-4-14(13(18)5-12(10)17)20-7-8-1-2-11(16)9(3-8)6-19/h1-5,20H,7H2. The second-order valence-electron chi connectivity index (χ2n) is 4.03. The van der Waals surface area contributed by atoms with Crippen LogP contribution in [0.4, 0.5) is 18.9 Å². The van der Waals surface area contributed by atoms with E-state index in [4.69, 9.17) is 5.26 Å². The van der Waals surface area contributed by atoms with Crippen LogP contribution in [0, 0.1) is 28.8 Å². The Kier molecular flexibility index (Phi) is 4.30. The van der Waals surface area contributed by atoms with Crippen molar-refractivity contribution in [2.45, 2.75) is 6.54 Å².